The second-order valence-corrected chi connectivity index (χ2v) is 5.29. The van der Waals surface area contributed by atoms with Crippen LogP contribution in [0.5, 0.6) is 0 Å². The van der Waals surface area contributed by atoms with Crippen LogP contribution < -0.4 is 5.32 Å². The van der Waals surface area contributed by atoms with Crippen molar-refractivity contribution in [2.75, 3.05) is 19.0 Å². The first-order chi connectivity index (χ1) is 6.55. The lowest BCUT2D eigenvalue weighted by Crippen LogP contribution is -2.33. The number of alkyl halides is 1. The Morgan fingerprint density at radius 1 is 1.21 bits per heavy atom. The standard InChI is InChI=1S/C12H26ClN/c1-5-11(6-2)9-14-10-12(3,4)7-8-13/h11,14H,5-10H2,1-4H3. The fourth-order valence-corrected chi connectivity index (χ4v) is 2.05. The Morgan fingerprint density at radius 2 is 1.79 bits per heavy atom. The van der Waals surface area contributed by atoms with Crippen LogP contribution in [0.3, 0.4) is 0 Å². The van der Waals surface area contributed by atoms with Crippen molar-refractivity contribution in [3.05, 3.63) is 0 Å². The number of nitrogens with one attached hydrogen (secondary N) is 1. The zero-order chi connectivity index (χ0) is 11.0. The molecule has 0 spiro atoms. The summed E-state index contributed by atoms with van der Waals surface area (Å²) in [4.78, 5) is 0. The van der Waals surface area contributed by atoms with Gasteiger partial charge in [-0.2, -0.15) is 0 Å². The predicted octanol–water partition coefficient (Wildman–Crippen LogP) is 3.67. The van der Waals surface area contributed by atoms with Crippen molar-refractivity contribution in [2.45, 2.75) is 47.0 Å². The van der Waals surface area contributed by atoms with Crippen LogP contribution in [0.15, 0.2) is 0 Å². The Bertz CT molecular complexity index is 130. The fourth-order valence-electron chi connectivity index (χ4n) is 1.54. The molecule has 0 aromatic heterocycles. The summed E-state index contributed by atoms with van der Waals surface area (Å²) in [6, 6.07) is 0. The van der Waals surface area contributed by atoms with E-state index in [-0.39, 0.29) is 0 Å². The minimum Gasteiger partial charge on any atom is -0.316 e. The first-order valence-corrected chi connectivity index (χ1v) is 6.35. The Balaban J connectivity index is 3.60. The smallest absolute Gasteiger partial charge is 0.0229 e. The number of hydrogen-bond acceptors (Lipinski definition) is 1. The molecule has 0 unspecified atom stereocenters. The molecule has 0 saturated carbocycles. The molecule has 0 rings (SSSR count). The molecule has 0 aliphatic carbocycles. The Kier molecular flexibility index (Phi) is 7.66. The van der Waals surface area contributed by atoms with Crippen molar-refractivity contribution in [1.29, 1.82) is 0 Å². The molecule has 0 radical (unpaired) electrons. The van der Waals surface area contributed by atoms with Gasteiger partial charge in [-0.15, -0.1) is 11.6 Å². The summed E-state index contributed by atoms with van der Waals surface area (Å²) in [7, 11) is 0. The van der Waals surface area contributed by atoms with Crippen molar-refractivity contribution in [1.82, 2.24) is 5.32 Å². The van der Waals surface area contributed by atoms with Crippen LogP contribution >= 0.6 is 11.6 Å². The maximum atomic E-state index is 5.75. The zero-order valence-corrected chi connectivity index (χ0v) is 11.0. The zero-order valence-electron chi connectivity index (χ0n) is 10.2. The van der Waals surface area contributed by atoms with Crippen LogP contribution in [-0.4, -0.2) is 19.0 Å². The highest BCUT2D eigenvalue weighted by Gasteiger charge is 2.16. The van der Waals surface area contributed by atoms with Gasteiger partial charge in [-0.3, -0.25) is 0 Å². The molecule has 0 atom stereocenters. The molecule has 1 nitrogen and oxygen atoms in total. The maximum absolute atomic E-state index is 5.75. The van der Waals surface area contributed by atoms with E-state index in [0.29, 0.717) is 5.41 Å². The highest BCUT2D eigenvalue weighted by molar-refractivity contribution is 6.17. The van der Waals surface area contributed by atoms with Crippen molar-refractivity contribution in [2.24, 2.45) is 11.3 Å². The minimum atomic E-state index is 0.341. The highest BCUT2D eigenvalue weighted by Crippen LogP contribution is 2.19. The number of hydrogen-bond donors (Lipinski definition) is 1. The fraction of sp³-hybridized carbons (Fsp3) is 1.00. The maximum Gasteiger partial charge on any atom is 0.0229 e. The molecule has 0 fully saturated rings. The average Bonchev–Trinajstić information content (AvgIpc) is 2.12. The summed E-state index contributed by atoms with van der Waals surface area (Å²) >= 11 is 5.75. The van der Waals surface area contributed by atoms with Crippen LogP contribution in [-0.2, 0) is 0 Å². The van der Waals surface area contributed by atoms with E-state index in [1.807, 2.05) is 0 Å². The highest BCUT2D eigenvalue weighted by atomic mass is 35.5. The van der Waals surface area contributed by atoms with Crippen LogP contribution in [0, 0.1) is 11.3 Å². The van der Waals surface area contributed by atoms with Gasteiger partial charge >= 0.3 is 0 Å². The van der Waals surface area contributed by atoms with Gasteiger partial charge in [0.25, 0.3) is 0 Å². The molecule has 0 aliphatic rings. The van der Waals surface area contributed by atoms with Crippen LogP contribution in [0.25, 0.3) is 0 Å². The van der Waals surface area contributed by atoms with Gasteiger partial charge in [0.1, 0.15) is 0 Å². The molecule has 0 aromatic carbocycles. The van der Waals surface area contributed by atoms with E-state index in [9.17, 15) is 0 Å². The summed E-state index contributed by atoms with van der Waals surface area (Å²) in [5.74, 6) is 1.60. The first-order valence-electron chi connectivity index (χ1n) is 5.82. The Hall–Kier alpha value is 0.250. The molecule has 0 aliphatic heterocycles. The van der Waals surface area contributed by atoms with Crippen molar-refractivity contribution < 1.29 is 0 Å². The Labute approximate surface area is 94.6 Å². The van der Waals surface area contributed by atoms with E-state index in [1.165, 1.54) is 12.8 Å². The van der Waals surface area contributed by atoms with E-state index < -0.39 is 0 Å². The second kappa shape index (κ2) is 7.53. The van der Waals surface area contributed by atoms with E-state index in [0.717, 1.165) is 31.3 Å². The third-order valence-corrected chi connectivity index (χ3v) is 3.15. The first kappa shape index (κ1) is 14.2. The summed E-state index contributed by atoms with van der Waals surface area (Å²) in [5, 5.41) is 3.55. The van der Waals surface area contributed by atoms with Gasteiger partial charge in [0, 0.05) is 12.4 Å². The van der Waals surface area contributed by atoms with Crippen LogP contribution in [0.2, 0.25) is 0 Å². The average molecular weight is 220 g/mol. The number of rotatable bonds is 8. The van der Waals surface area contributed by atoms with E-state index in [1.54, 1.807) is 0 Å². The molecule has 2 heteroatoms. The predicted molar refractivity (Wildman–Crippen MR) is 66.1 cm³/mol. The van der Waals surface area contributed by atoms with Gasteiger partial charge in [0.05, 0.1) is 0 Å². The van der Waals surface area contributed by atoms with Crippen molar-refractivity contribution in [3.63, 3.8) is 0 Å². The lowest BCUT2D eigenvalue weighted by atomic mass is 9.90. The lowest BCUT2D eigenvalue weighted by Gasteiger charge is -2.25. The molecule has 0 saturated heterocycles. The number of halogens is 1. The monoisotopic (exact) mass is 219 g/mol. The van der Waals surface area contributed by atoms with E-state index >= 15 is 0 Å². The summed E-state index contributed by atoms with van der Waals surface area (Å²) in [6.07, 6.45) is 3.64. The third kappa shape index (κ3) is 6.67. The molecule has 1 N–H and O–H groups in total. The molecule has 0 aromatic rings. The van der Waals surface area contributed by atoms with Crippen LogP contribution in [0.1, 0.15) is 47.0 Å². The summed E-state index contributed by atoms with van der Waals surface area (Å²) < 4.78 is 0. The molecular weight excluding hydrogens is 194 g/mol. The summed E-state index contributed by atoms with van der Waals surface area (Å²) in [5.41, 5.74) is 0.341. The molecule has 0 amide bonds. The molecular formula is C12H26ClN. The molecule has 0 heterocycles. The van der Waals surface area contributed by atoms with Gasteiger partial charge in [0.15, 0.2) is 0 Å². The van der Waals surface area contributed by atoms with Gasteiger partial charge < -0.3 is 5.32 Å². The normalized spacial score (nSPS) is 12.4. The molecule has 14 heavy (non-hydrogen) atoms. The van der Waals surface area contributed by atoms with Gasteiger partial charge in [0.2, 0.25) is 0 Å². The lowest BCUT2D eigenvalue weighted by molar-refractivity contribution is 0.313. The minimum absolute atomic E-state index is 0.341. The van der Waals surface area contributed by atoms with E-state index in [2.05, 4.69) is 33.0 Å². The largest absolute Gasteiger partial charge is 0.316 e. The van der Waals surface area contributed by atoms with Gasteiger partial charge in [-0.1, -0.05) is 40.5 Å². The topological polar surface area (TPSA) is 12.0 Å². The third-order valence-electron chi connectivity index (χ3n) is 2.96. The second-order valence-electron chi connectivity index (χ2n) is 4.92. The quantitative estimate of drug-likeness (QED) is 0.615. The van der Waals surface area contributed by atoms with Gasteiger partial charge in [-0.25, -0.2) is 0 Å². The summed E-state index contributed by atoms with van der Waals surface area (Å²) in [6.45, 7) is 11.3. The SMILES string of the molecule is CCC(CC)CNCC(C)(C)CCCl. The molecule has 86 valence electrons. The van der Waals surface area contributed by atoms with Gasteiger partial charge in [-0.05, 0) is 24.3 Å². The van der Waals surface area contributed by atoms with Crippen molar-refractivity contribution >= 4 is 11.6 Å². The van der Waals surface area contributed by atoms with E-state index in [4.69, 9.17) is 11.6 Å². The van der Waals surface area contributed by atoms with Crippen LogP contribution in [0.4, 0.5) is 0 Å². The Morgan fingerprint density at radius 3 is 2.21 bits per heavy atom. The van der Waals surface area contributed by atoms with Crippen molar-refractivity contribution in [3.8, 4) is 0 Å². The molecule has 0 bridgehead atoms.